The molecule has 0 spiro atoms. The van der Waals surface area contributed by atoms with Crippen LogP contribution in [0.2, 0.25) is 0 Å². The predicted octanol–water partition coefficient (Wildman–Crippen LogP) is 3.44. The van der Waals surface area contributed by atoms with Gasteiger partial charge in [0.1, 0.15) is 5.82 Å². The van der Waals surface area contributed by atoms with Crippen LogP contribution >= 0.6 is 0 Å². The molecule has 0 saturated carbocycles. The number of rotatable bonds is 4. The van der Waals surface area contributed by atoms with Gasteiger partial charge in [0.05, 0.1) is 18.8 Å². The molecule has 2 saturated heterocycles. The maximum atomic E-state index is 14.1. The monoisotopic (exact) mass is 377 g/mol. The molecule has 6 heteroatoms. The van der Waals surface area contributed by atoms with Gasteiger partial charge < -0.3 is 9.84 Å². The molecule has 0 amide bonds. The van der Waals surface area contributed by atoms with Gasteiger partial charge in [-0.1, -0.05) is 30.3 Å². The Kier molecular flexibility index (Phi) is 4.97. The molecule has 0 radical (unpaired) electrons. The summed E-state index contributed by atoms with van der Waals surface area (Å²) in [4.78, 5) is 2.33. The van der Waals surface area contributed by atoms with E-state index < -0.39 is 23.1 Å². The Hall–Kier alpha value is -1.89. The fourth-order valence-electron chi connectivity index (χ4n) is 4.39. The van der Waals surface area contributed by atoms with Crippen LogP contribution in [0.25, 0.3) is 0 Å². The molecule has 4 rings (SSSR count). The lowest BCUT2D eigenvalue weighted by molar-refractivity contribution is -0.145. The van der Waals surface area contributed by atoms with Crippen molar-refractivity contribution in [3.05, 3.63) is 71.0 Å². The predicted molar refractivity (Wildman–Crippen MR) is 94.6 cm³/mol. The highest BCUT2D eigenvalue weighted by atomic mass is 19.2. The number of halogens is 3. The number of benzene rings is 2. The first-order valence-corrected chi connectivity index (χ1v) is 9.17. The molecule has 2 bridgehead atoms. The van der Waals surface area contributed by atoms with Crippen LogP contribution in [0, 0.1) is 17.5 Å². The van der Waals surface area contributed by atoms with Crippen molar-refractivity contribution < 1.29 is 23.0 Å². The lowest BCUT2D eigenvalue weighted by Crippen LogP contribution is -2.61. The second kappa shape index (κ2) is 7.26. The van der Waals surface area contributed by atoms with Crippen molar-refractivity contribution in [3.63, 3.8) is 0 Å². The zero-order chi connectivity index (χ0) is 19.0. The van der Waals surface area contributed by atoms with E-state index in [-0.39, 0.29) is 24.1 Å². The van der Waals surface area contributed by atoms with Crippen LogP contribution in [0.4, 0.5) is 13.2 Å². The summed E-state index contributed by atoms with van der Waals surface area (Å²) in [5.41, 5.74) is 0.0237. The molecule has 2 aliphatic heterocycles. The average Bonchev–Trinajstić information content (AvgIpc) is 2.62. The number of morpholine rings is 1. The summed E-state index contributed by atoms with van der Waals surface area (Å²) in [6.07, 6.45) is 0.756. The van der Waals surface area contributed by atoms with E-state index >= 15 is 0 Å². The number of aliphatic hydroxyl groups is 1. The normalized spacial score (nSPS) is 28.3. The number of fused-ring (bicyclic) bond motifs is 2. The molecule has 1 N–H and O–H groups in total. The number of hydrogen-bond donors (Lipinski definition) is 1. The van der Waals surface area contributed by atoms with Crippen molar-refractivity contribution in [2.75, 3.05) is 13.2 Å². The van der Waals surface area contributed by atoms with Gasteiger partial charge in [0.15, 0.2) is 11.6 Å². The van der Waals surface area contributed by atoms with E-state index in [2.05, 4.69) is 17.0 Å². The molecule has 2 aromatic carbocycles. The van der Waals surface area contributed by atoms with Crippen LogP contribution < -0.4 is 0 Å². The molecule has 2 fully saturated rings. The number of piperidine rings is 1. The molecule has 2 aliphatic rings. The van der Waals surface area contributed by atoms with E-state index in [0.29, 0.717) is 32.1 Å². The van der Waals surface area contributed by atoms with E-state index in [1.165, 1.54) is 5.56 Å². The topological polar surface area (TPSA) is 32.7 Å². The van der Waals surface area contributed by atoms with Gasteiger partial charge >= 0.3 is 0 Å². The lowest BCUT2D eigenvalue weighted by atomic mass is 9.77. The third-order valence-corrected chi connectivity index (χ3v) is 5.61. The van der Waals surface area contributed by atoms with Crippen LogP contribution in [0.3, 0.4) is 0 Å². The van der Waals surface area contributed by atoms with E-state index in [9.17, 15) is 18.3 Å². The quantitative estimate of drug-likeness (QED) is 0.829. The summed E-state index contributed by atoms with van der Waals surface area (Å²) in [5, 5.41) is 11.1. The van der Waals surface area contributed by atoms with Crippen molar-refractivity contribution in [3.8, 4) is 0 Å². The Bertz CT molecular complexity index is 801. The van der Waals surface area contributed by atoms with Gasteiger partial charge in [-0.15, -0.1) is 0 Å². The molecular formula is C21H22F3NO2. The van der Waals surface area contributed by atoms with Crippen molar-refractivity contribution >= 4 is 0 Å². The van der Waals surface area contributed by atoms with E-state index in [0.717, 1.165) is 12.6 Å². The Morgan fingerprint density at radius 1 is 0.963 bits per heavy atom. The smallest absolute Gasteiger partial charge is 0.161 e. The molecule has 0 aromatic heterocycles. The second-order valence-electron chi connectivity index (χ2n) is 7.67. The Balaban J connectivity index is 1.53. The molecule has 3 nitrogen and oxygen atoms in total. The lowest BCUT2D eigenvalue weighted by Gasteiger charge is -2.51. The van der Waals surface area contributed by atoms with Crippen molar-refractivity contribution in [2.24, 2.45) is 0 Å². The standard InChI is InChI=1S/C21H22F3NO2/c22-18-7-20(24)19(23)6-15(18)8-21(26)9-16-12-27-13-17(10-21)25(16)11-14-4-2-1-3-5-14/h1-7,16-17,26H,8-13H2. The average molecular weight is 377 g/mol. The van der Waals surface area contributed by atoms with Crippen molar-refractivity contribution in [1.82, 2.24) is 4.90 Å². The summed E-state index contributed by atoms with van der Waals surface area (Å²) < 4.78 is 46.4. The van der Waals surface area contributed by atoms with Gasteiger partial charge in [-0.25, -0.2) is 13.2 Å². The Morgan fingerprint density at radius 2 is 1.59 bits per heavy atom. The van der Waals surface area contributed by atoms with E-state index in [1.807, 2.05) is 18.2 Å². The van der Waals surface area contributed by atoms with Crippen LogP contribution in [0.1, 0.15) is 24.0 Å². The molecular weight excluding hydrogens is 355 g/mol. The second-order valence-corrected chi connectivity index (χ2v) is 7.67. The van der Waals surface area contributed by atoms with Gasteiger partial charge in [-0.3, -0.25) is 4.90 Å². The minimum absolute atomic E-state index is 0.00365. The Labute approximate surface area is 156 Å². The van der Waals surface area contributed by atoms with E-state index in [4.69, 9.17) is 4.74 Å². The third-order valence-electron chi connectivity index (χ3n) is 5.61. The van der Waals surface area contributed by atoms with Gasteiger partial charge in [-0.05, 0) is 30.0 Å². The first kappa shape index (κ1) is 18.5. The highest BCUT2D eigenvalue weighted by Gasteiger charge is 2.46. The van der Waals surface area contributed by atoms with Gasteiger partial charge in [0.25, 0.3) is 0 Å². The zero-order valence-corrected chi connectivity index (χ0v) is 14.9. The molecule has 2 unspecified atom stereocenters. The van der Waals surface area contributed by atoms with E-state index in [1.54, 1.807) is 0 Å². The zero-order valence-electron chi connectivity index (χ0n) is 14.9. The maximum Gasteiger partial charge on any atom is 0.161 e. The summed E-state index contributed by atoms with van der Waals surface area (Å²) in [7, 11) is 0. The van der Waals surface area contributed by atoms with Gasteiger partial charge in [0, 0.05) is 31.1 Å². The molecule has 144 valence electrons. The molecule has 2 atom stereocenters. The third kappa shape index (κ3) is 3.88. The van der Waals surface area contributed by atoms with Crippen LogP contribution in [-0.4, -0.2) is 40.9 Å². The van der Waals surface area contributed by atoms with Crippen LogP contribution in [-0.2, 0) is 17.7 Å². The summed E-state index contributed by atoms with van der Waals surface area (Å²) in [5.74, 6) is -3.14. The largest absolute Gasteiger partial charge is 0.389 e. The molecule has 2 aromatic rings. The molecule has 27 heavy (non-hydrogen) atoms. The number of ether oxygens (including phenoxy) is 1. The van der Waals surface area contributed by atoms with Gasteiger partial charge in [-0.2, -0.15) is 0 Å². The van der Waals surface area contributed by atoms with Gasteiger partial charge in [0.2, 0.25) is 0 Å². The SMILES string of the molecule is OC1(Cc2cc(F)c(F)cc2F)CC2COCC(C1)N2Cc1ccccc1. The molecule has 0 aliphatic carbocycles. The van der Waals surface area contributed by atoms with Crippen molar-refractivity contribution in [1.29, 1.82) is 0 Å². The van der Waals surface area contributed by atoms with Crippen molar-refractivity contribution in [2.45, 2.75) is 43.5 Å². The summed E-state index contributed by atoms with van der Waals surface area (Å²) >= 11 is 0. The first-order chi connectivity index (χ1) is 12.9. The minimum atomic E-state index is -1.22. The number of hydrogen-bond acceptors (Lipinski definition) is 3. The van der Waals surface area contributed by atoms with Crippen LogP contribution in [0.15, 0.2) is 42.5 Å². The Morgan fingerprint density at radius 3 is 2.26 bits per heavy atom. The number of nitrogens with zero attached hydrogens (tertiary/aromatic N) is 1. The fraction of sp³-hybridized carbons (Fsp3) is 0.429. The minimum Gasteiger partial charge on any atom is -0.389 e. The van der Waals surface area contributed by atoms with Crippen LogP contribution in [0.5, 0.6) is 0 Å². The highest BCUT2D eigenvalue weighted by Crippen LogP contribution is 2.38. The summed E-state index contributed by atoms with van der Waals surface area (Å²) in [6, 6.07) is 11.5. The fourth-order valence-corrected chi connectivity index (χ4v) is 4.39. The first-order valence-electron chi connectivity index (χ1n) is 9.17. The maximum absolute atomic E-state index is 14.1. The summed E-state index contributed by atoms with van der Waals surface area (Å²) in [6.45, 7) is 1.74. The molecule has 2 heterocycles. The highest BCUT2D eigenvalue weighted by molar-refractivity contribution is 5.23.